The van der Waals surface area contributed by atoms with Crippen LogP contribution in [-0.4, -0.2) is 38.4 Å². The lowest BCUT2D eigenvalue weighted by Crippen LogP contribution is -2.18. The molecule has 3 rings (SSSR count). The van der Waals surface area contributed by atoms with Crippen molar-refractivity contribution in [3.05, 3.63) is 47.2 Å². The SMILES string of the molecule is CC(C)(C)c1ncc([C@@H](CCC(=O)CCCCc2ccc3c(n2)NCCC3)C(=O)O)cn1. The molecule has 0 spiro atoms. The van der Waals surface area contributed by atoms with Crippen LogP contribution in [0.15, 0.2) is 24.5 Å². The van der Waals surface area contributed by atoms with Gasteiger partial charge in [0.25, 0.3) is 0 Å². The van der Waals surface area contributed by atoms with E-state index in [1.807, 2.05) is 20.8 Å². The summed E-state index contributed by atoms with van der Waals surface area (Å²) in [4.78, 5) is 37.4. The minimum absolute atomic E-state index is 0.101. The Morgan fingerprint density at radius 2 is 1.88 bits per heavy atom. The summed E-state index contributed by atoms with van der Waals surface area (Å²) in [5.41, 5.74) is 2.68. The third kappa shape index (κ3) is 6.58. The maximum absolute atomic E-state index is 12.3. The molecule has 0 saturated heterocycles. The summed E-state index contributed by atoms with van der Waals surface area (Å²) < 4.78 is 0. The molecule has 0 aliphatic carbocycles. The molecular formula is C25H34N4O3. The summed E-state index contributed by atoms with van der Waals surface area (Å²) in [6.07, 6.45) is 8.89. The number of ketones is 1. The molecule has 2 aromatic rings. The minimum atomic E-state index is -0.947. The monoisotopic (exact) mass is 438 g/mol. The number of nitrogens with zero attached hydrogens (tertiary/aromatic N) is 3. The van der Waals surface area contributed by atoms with E-state index in [4.69, 9.17) is 4.98 Å². The van der Waals surface area contributed by atoms with Crippen LogP contribution in [0.3, 0.4) is 0 Å². The van der Waals surface area contributed by atoms with E-state index >= 15 is 0 Å². The minimum Gasteiger partial charge on any atom is -0.481 e. The van der Waals surface area contributed by atoms with E-state index in [1.54, 1.807) is 12.4 Å². The van der Waals surface area contributed by atoms with Crippen LogP contribution in [0.2, 0.25) is 0 Å². The number of aryl methyl sites for hydroxylation is 2. The smallest absolute Gasteiger partial charge is 0.311 e. The normalized spacial score (nSPS) is 14.3. The number of fused-ring (bicyclic) bond motifs is 1. The molecule has 0 aromatic carbocycles. The van der Waals surface area contributed by atoms with Crippen LogP contribution in [0.5, 0.6) is 0 Å². The zero-order valence-electron chi connectivity index (χ0n) is 19.4. The van der Waals surface area contributed by atoms with Crippen molar-refractivity contribution < 1.29 is 14.7 Å². The summed E-state index contributed by atoms with van der Waals surface area (Å²) in [5, 5.41) is 13.0. The second kappa shape index (κ2) is 10.7. The summed E-state index contributed by atoms with van der Waals surface area (Å²) in [7, 11) is 0. The topological polar surface area (TPSA) is 105 Å². The van der Waals surface area contributed by atoms with Gasteiger partial charge < -0.3 is 10.4 Å². The highest BCUT2D eigenvalue weighted by Crippen LogP contribution is 2.24. The van der Waals surface area contributed by atoms with Crippen molar-refractivity contribution in [2.45, 2.75) is 83.5 Å². The summed E-state index contributed by atoms with van der Waals surface area (Å²) in [6.45, 7) is 7.00. The van der Waals surface area contributed by atoms with Gasteiger partial charge in [0.15, 0.2) is 0 Å². The molecule has 0 radical (unpaired) electrons. The van der Waals surface area contributed by atoms with Crippen molar-refractivity contribution in [3.63, 3.8) is 0 Å². The van der Waals surface area contributed by atoms with E-state index in [2.05, 4.69) is 27.4 Å². The number of rotatable bonds is 10. The molecule has 2 N–H and O–H groups in total. The van der Waals surface area contributed by atoms with Crippen molar-refractivity contribution in [2.24, 2.45) is 0 Å². The summed E-state index contributed by atoms with van der Waals surface area (Å²) in [6, 6.07) is 4.23. The number of hydrogen-bond donors (Lipinski definition) is 2. The Balaban J connectivity index is 1.43. The fourth-order valence-corrected chi connectivity index (χ4v) is 3.90. The van der Waals surface area contributed by atoms with Crippen LogP contribution < -0.4 is 5.32 Å². The Hall–Kier alpha value is -2.83. The van der Waals surface area contributed by atoms with Gasteiger partial charge in [-0.1, -0.05) is 26.8 Å². The van der Waals surface area contributed by atoms with E-state index < -0.39 is 11.9 Å². The van der Waals surface area contributed by atoms with Gasteiger partial charge >= 0.3 is 5.97 Å². The first-order valence-corrected chi connectivity index (χ1v) is 11.5. The van der Waals surface area contributed by atoms with Crippen molar-refractivity contribution in [1.82, 2.24) is 15.0 Å². The Bertz CT molecular complexity index is 935. The standard InChI is InChI=1S/C25H34N4O3/c1-25(2,3)24-27-15-18(16-28-24)21(23(31)32)13-12-20(30)9-5-4-8-19-11-10-17-7-6-14-26-22(17)29-19/h10-11,15-16,21H,4-9,12-14H2,1-3H3,(H,26,29)(H,31,32)/t21-/m1/s1. The molecule has 2 aromatic heterocycles. The first kappa shape index (κ1) is 23.8. The van der Waals surface area contributed by atoms with Crippen LogP contribution >= 0.6 is 0 Å². The molecule has 7 heteroatoms. The second-order valence-corrected chi connectivity index (χ2v) is 9.61. The molecule has 7 nitrogen and oxygen atoms in total. The maximum atomic E-state index is 12.3. The Labute approximate surface area is 190 Å². The number of hydrogen-bond acceptors (Lipinski definition) is 6. The number of carbonyl (C=O) groups is 2. The summed E-state index contributed by atoms with van der Waals surface area (Å²) >= 11 is 0. The number of carboxylic acids is 1. The first-order chi connectivity index (χ1) is 15.2. The number of unbranched alkanes of at least 4 members (excludes halogenated alkanes) is 1. The van der Waals surface area contributed by atoms with Crippen LogP contribution in [0.25, 0.3) is 0 Å². The zero-order chi connectivity index (χ0) is 23.1. The van der Waals surface area contributed by atoms with E-state index in [0.717, 1.165) is 50.2 Å². The Kier molecular flexibility index (Phi) is 7.94. The predicted molar refractivity (Wildman–Crippen MR) is 124 cm³/mol. The predicted octanol–water partition coefficient (Wildman–Crippen LogP) is 4.46. The summed E-state index contributed by atoms with van der Waals surface area (Å²) in [5.74, 6) is 0.0652. The number of anilines is 1. The van der Waals surface area contributed by atoms with Crippen molar-refractivity contribution in [3.8, 4) is 0 Å². The van der Waals surface area contributed by atoms with Crippen LogP contribution in [-0.2, 0) is 27.8 Å². The van der Waals surface area contributed by atoms with Crippen molar-refractivity contribution in [2.75, 3.05) is 11.9 Å². The average molecular weight is 439 g/mol. The molecule has 0 unspecified atom stereocenters. The number of nitrogens with one attached hydrogen (secondary N) is 1. The lowest BCUT2D eigenvalue weighted by molar-refractivity contribution is -0.139. The molecule has 172 valence electrons. The molecule has 0 amide bonds. The highest BCUT2D eigenvalue weighted by atomic mass is 16.4. The molecule has 0 bridgehead atoms. The lowest BCUT2D eigenvalue weighted by atomic mass is 9.93. The van der Waals surface area contributed by atoms with Crippen LogP contribution in [0.4, 0.5) is 5.82 Å². The quantitative estimate of drug-likeness (QED) is 0.528. The van der Waals surface area contributed by atoms with Gasteiger partial charge in [-0.3, -0.25) is 9.59 Å². The van der Waals surface area contributed by atoms with E-state index in [0.29, 0.717) is 17.8 Å². The molecule has 1 aliphatic rings. The van der Waals surface area contributed by atoms with Crippen molar-refractivity contribution in [1.29, 1.82) is 0 Å². The average Bonchev–Trinajstić information content (AvgIpc) is 2.76. The molecule has 1 aliphatic heterocycles. The highest BCUT2D eigenvalue weighted by Gasteiger charge is 2.23. The molecular weight excluding hydrogens is 404 g/mol. The van der Waals surface area contributed by atoms with Crippen LogP contribution in [0.1, 0.15) is 87.9 Å². The fourth-order valence-electron chi connectivity index (χ4n) is 3.90. The third-order valence-electron chi connectivity index (χ3n) is 5.85. The molecule has 0 fully saturated rings. The Morgan fingerprint density at radius 1 is 1.12 bits per heavy atom. The fraction of sp³-hybridized carbons (Fsp3) is 0.560. The number of Topliss-reactive ketones (excluding diaryl/α,β-unsaturated/α-hetero) is 1. The van der Waals surface area contributed by atoms with Gasteiger partial charge in [-0.2, -0.15) is 0 Å². The van der Waals surface area contributed by atoms with E-state index in [9.17, 15) is 14.7 Å². The Morgan fingerprint density at radius 3 is 2.56 bits per heavy atom. The van der Waals surface area contributed by atoms with Gasteiger partial charge in [-0.05, 0) is 50.2 Å². The van der Waals surface area contributed by atoms with E-state index in [-0.39, 0.29) is 24.0 Å². The van der Waals surface area contributed by atoms with Gasteiger partial charge in [0.05, 0.1) is 5.92 Å². The maximum Gasteiger partial charge on any atom is 0.311 e. The van der Waals surface area contributed by atoms with Gasteiger partial charge in [-0.25, -0.2) is 15.0 Å². The number of carbonyl (C=O) groups excluding carboxylic acids is 1. The lowest BCUT2D eigenvalue weighted by Gasteiger charge is -2.17. The van der Waals surface area contributed by atoms with Gasteiger partial charge in [0.1, 0.15) is 17.4 Å². The number of carboxylic acid groups (broad SMARTS) is 1. The van der Waals surface area contributed by atoms with Crippen molar-refractivity contribution >= 4 is 17.6 Å². The number of aliphatic carboxylic acids is 1. The molecule has 1 atom stereocenters. The highest BCUT2D eigenvalue weighted by molar-refractivity contribution is 5.80. The van der Waals surface area contributed by atoms with Gasteiger partial charge in [0.2, 0.25) is 0 Å². The van der Waals surface area contributed by atoms with Crippen LogP contribution in [0, 0.1) is 0 Å². The number of aromatic nitrogens is 3. The number of pyridine rings is 1. The molecule has 32 heavy (non-hydrogen) atoms. The van der Waals surface area contributed by atoms with Gasteiger partial charge in [0, 0.05) is 48.5 Å². The largest absolute Gasteiger partial charge is 0.481 e. The molecule has 3 heterocycles. The third-order valence-corrected chi connectivity index (χ3v) is 5.85. The van der Waals surface area contributed by atoms with Gasteiger partial charge in [-0.15, -0.1) is 0 Å². The molecule has 0 saturated carbocycles. The first-order valence-electron chi connectivity index (χ1n) is 11.5. The van der Waals surface area contributed by atoms with E-state index in [1.165, 1.54) is 5.56 Å². The second-order valence-electron chi connectivity index (χ2n) is 9.61. The zero-order valence-corrected chi connectivity index (χ0v) is 19.4.